The SMILES string of the molecule is CCC1(CNC(=O)N(CCO)Cc2nccn2C)CCC1. The molecule has 2 N–H and O–H groups in total. The number of hydrogen-bond donors (Lipinski definition) is 2. The Bertz CT molecular complexity index is 462. The second-order valence-corrected chi connectivity index (χ2v) is 5.97. The van der Waals surface area contributed by atoms with Gasteiger partial charge in [0.25, 0.3) is 0 Å². The normalized spacial score (nSPS) is 16.3. The predicted molar refractivity (Wildman–Crippen MR) is 80.7 cm³/mol. The van der Waals surface area contributed by atoms with Crippen LogP contribution in [0.1, 0.15) is 38.4 Å². The maximum Gasteiger partial charge on any atom is 0.317 e. The molecule has 0 unspecified atom stereocenters. The molecule has 1 heterocycles. The molecule has 1 aliphatic carbocycles. The second kappa shape index (κ2) is 6.93. The van der Waals surface area contributed by atoms with Crippen molar-refractivity contribution >= 4 is 6.03 Å². The van der Waals surface area contributed by atoms with Gasteiger partial charge >= 0.3 is 6.03 Å². The van der Waals surface area contributed by atoms with Crippen LogP contribution in [0.25, 0.3) is 0 Å². The van der Waals surface area contributed by atoms with Gasteiger partial charge in [0.15, 0.2) is 0 Å². The van der Waals surface area contributed by atoms with E-state index in [9.17, 15) is 4.79 Å². The van der Waals surface area contributed by atoms with Crippen LogP contribution >= 0.6 is 0 Å². The molecule has 21 heavy (non-hydrogen) atoms. The molecule has 1 saturated carbocycles. The molecule has 2 rings (SSSR count). The van der Waals surface area contributed by atoms with E-state index in [4.69, 9.17) is 5.11 Å². The number of carbonyl (C=O) groups is 1. The Kier molecular flexibility index (Phi) is 5.22. The molecule has 0 aromatic carbocycles. The van der Waals surface area contributed by atoms with Crippen molar-refractivity contribution in [1.29, 1.82) is 0 Å². The Labute approximate surface area is 126 Å². The second-order valence-electron chi connectivity index (χ2n) is 5.97. The Balaban J connectivity index is 1.91. The van der Waals surface area contributed by atoms with Crippen molar-refractivity contribution < 1.29 is 9.90 Å². The van der Waals surface area contributed by atoms with Crippen molar-refractivity contribution in [2.24, 2.45) is 12.5 Å². The average molecular weight is 294 g/mol. The van der Waals surface area contributed by atoms with Crippen LogP contribution in [0.15, 0.2) is 12.4 Å². The number of urea groups is 1. The highest BCUT2D eigenvalue weighted by Gasteiger charge is 2.35. The Morgan fingerprint density at radius 1 is 1.57 bits per heavy atom. The minimum Gasteiger partial charge on any atom is -0.395 e. The lowest BCUT2D eigenvalue weighted by Gasteiger charge is -2.41. The molecule has 118 valence electrons. The third-order valence-electron chi connectivity index (χ3n) is 4.69. The van der Waals surface area contributed by atoms with E-state index in [0.29, 0.717) is 18.5 Å². The fraction of sp³-hybridized carbons (Fsp3) is 0.733. The number of nitrogens with one attached hydrogen (secondary N) is 1. The lowest BCUT2D eigenvalue weighted by molar-refractivity contribution is 0.117. The van der Waals surface area contributed by atoms with Gasteiger partial charge < -0.3 is 19.9 Å². The van der Waals surface area contributed by atoms with Crippen molar-refractivity contribution in [3.63, 3.8) is 0 Å². The van der Waals surface area contributed by atoms with E-state index in [1.54, 1.807) is 11.1 Å². The Morgan fingerprint density at radius 2 is 2.33 bits per heavy atom. The van der Waals surface area contributed by atoms with E-state index in [1.165, 1.54) is 19.3 Å². The van der Waals surface area contributed by atoms with Gasteiger partial charge in [-0.1, -0.05) is 13.3 Å². The topological polar surface area (TPSA) is 70.4 Å². The van der Waals surface area contributed by atoms with Gasteiger partial charge in [-0.05, 0) is 24.7 Å². The summed E-state index contributed by atoms with van der Waals surface area (Å²) in [5, 5.41) is 12.2. The maximum absolute atomic E-state index is 12.3. The highest BCUT2D eigenvalue weighted by molar-refractivity contribution is 5.74. The van der Waals surface area contributed by atoms with Crippen LogP contribution in [0, 0.1) is 5.41 Å². The fourth-order valence-corrected chi connectivity index (χ4v) is 2.80. The Hall–Kier alpha value is -1.56. The minimum atomic E-state index is -0.119. The van der Waals surface area contributed by atoms with E-state index in [-0.39, 0.29) is 12.6 Å². The standard InChI is InChI=1S/C15H26N4O2/c1-3-15(5-4-6-15)12-17-14(21)19(9-10-20)11-13-16-7-8-18(13)2/h7-8,20H,3-6,9-12H2,1-2H3,(H,17,21). The number of aromatic nitrogens is 2. The van der Waals surface area contributed by atoms with E-state index < -0.39 is 0 Å². The first-order chi connectivity index (χ1) is 10.1. The van der Waals surface area contributed by atoms with Crippen LogP contribution < -0.4 is 5.32 Å². The predicted octanol–water partition coefficient (Wildman–Crippen LogP) is 1.50. The zero-order valence-corrected chi connectivity index (χ0v) is 13.0. The summed E-state index contributed by atoms with van der Waals surface area (Å²) in [6.45, 7) is 3.60. The summed E-state index contributed by atoms with van der Waals surface area (Å²) in [4.78, 5) is 18.2. The van der Waals surface area contributed by atoms with Gasteiger partial charge in [0, 0.05) is 32.5 Å². The third kappa shape index (κ3) is 3.75. The summed E-state index contributed by atoms with van der Waals surface area (Å²) in [5.41, 5.74) is 0.295. The van der Waals surface area contributed by atoms with Gasteiger partial charge in [0.2, 0.25) is 0 Å². The van der Waals surface area contributed by atoms with Gasteiger partial charge in [0.1, 0.15) is 5.82 Å². The van der Waals surface area contributed by atoms with Gasteiger partial charge in [-0.3, -0.25) is 0 Å². The summed E-state index contributed by atoms with van der Waals surface area (Å²) in [7, 11) is 1.90. The lowest BCUT2D eigenvalue weighted by Crippen LogP contribution is -2.47. The number of hydrogen-bond acceptors (Lipinski definition) is 3. The van der Waals surface area contributed by atoms with Gasteiger partial charge in [-0.15, -0.1) is 0 Å². The minimum absolute atomic E-state index is 0.0449. The quantitative estimate of drug-likeness (QED) is 0.800. The van der Waals surface area contributed by atoms with Crippen LogP contribution in [0.2, 0.25) is 0 Å². The van der Waals surface area contributed by atoms with Crippen molar-refractivity contribution in [2.45, 2.75) is 39.2 Å². The molecule has 6 nitrogen and oxygen atoms in total. The van der Waals surface area contributed by atoms with Crippen molar-refractivity contribution in [3.8, 4) is 0 Å². The lowest BCUT2D eigenvalue weighted by atomic mass is 9.67. The summed E-state index contributed by atoms with van der Waals surface area (Å²) in [5.74, 6) is 0.812. The first-order valence-corrected chi connectivity index (χ1v) is 7.70. The van der Waals surface area contributed by atoms with E-state index in [0.717, 1.165) is 18.8 Å². The molecule has 1 aromatic rings. The number of aryl methyl sites for hydroxylation is 1. The number of aliphatic hydroxyl groups is 1. The maximum atomic E-state index is 12.3. The summed E-state index contributed by atoms with van der Waals surface area (Å²) in [6, 6.07) is -0.119. The van der Waals surface area contributed by atoms with E-state index in [2.05, 4.69) is 17.2 Å². The third-order valence-corrected chi connectivity index (χ3v) is 4.69. The number of aliphatic hydroxyl groups excluding tert-OH is 1. The number of imidazole rings is 1. The molecule has 1 fully saturated rings. The molecule has 6 heteroatoms. The van der Waals surface area contributed by atoms with Crippen LogP contribution in [0.3, 0.4) is 0 Å². The molecule has 0 saturated heterocycles. The average Bonchev–Trinajstić information content (AvgIpc) is 2.83. The molecule has 2 amide bonds. The molecule has 0 atom stereocenters. The monoisotopic (exact) mass is 294 g/mol. The molecule has 0 radical (unpaired) electrons. The smallest absolute Gasteiger partial charge is 0.317 e. The van der Waals surface area contributed by atoms with Crippen LogP contribution in [0.5, 0.6) is 0 Å². The Morgan fingerprint density at radius 3 is 2.81 bits per heavy atom. The van der Waals surface area contributed by atoms with Crippen LogP contribution in [-0.4, -0.2) is 45.3 Å². The van der Waals surface area contributed by atoms with Gasteiger partial charge in [0.05, 0.1) is 13.2 Å². The molecule has 0 spiro atoms. The molecule has 1 aromatic heterocycles. The fourth-order valence-electron chi connectivity index (χ4n) is 2.80. The summed E-state index contributed by atoms with van der Waals surface area (Å²) in [6.07, 6.45) is 8.33. The summed E-state index contributed by atoms with van der Waals surface area (Å²) >= 11 is 0. The number of rotatable bonds is 7. The zero-order valence-electron chi connectivity index (χ0n) is 13.0. The number of nitrogens with zero attached hydrogens (tertiary/aromatic N) is 3. The largest absolute Gasteiger partial charge is 0.395 e. The van der Waals surface area contributed by atoms with Crippen molar-refractivity contribution in [1.82, 2.24) is 19.8 Å². The molecular weight excluding hydrogens is 268 g/mol. The van der Waals surface area contributed by atoms with Gasteiger partial charge in [-0.25, -0.2) is 9.78 Å². The highest BCUT2D eigenvalue weighted by atomic mass is 16.3. The summed E-state index contributed by atoms with van der Waals surface area (Å²) < 4.78 is 1.89. The molecule has 0 aliphatic heterocycles. The first kappa shape index (κ1) is 15.8. The van der Waals surface area contributed by atoms with Gasteiger partial charge in [-0.2, -0.15) is 0 Å². The number of carbonyl (C=O) groups excluding carboxylic acids is 1. The van der Waals surface area contributed by atoms with Crippen LogP contribution in [0.4, 0.5) is 4.79 Å². The number of amides is 2. The van der Waals surface area contributed by atoms with E-state index in [1.807, 2.05) is 17.8 Å². The highest BCUT2D eigenvalue weighted by Crippen LogP contribution is 2.43. The zero-order chi connectivity index (χ0) is 15.3. The van der Waals surface area contributed by atoms with Crippen molar-refractivity contribution in [2.75, 3.05) is 19.7 Å². The molecule has 1 aliphatic rings. The van der Waals surface area contributed by atoms with E-state index >= 15 is 0 Å². The first-order valence-electron chi connectivity index (χ1n) is 7.70. The van der Waals surface area contributed by atoms with Crippen molar-refractivity contribution in [3.05, 3.63) is 18.2 Å². The van der Waals surface area contributed by atoms with Crippen LogP contribution in [-0.2, 0) is 13.6 Å². The molecule has 0 bridgehead atoms. The molecular formula is C15H26N4O2.